The van der Waals surface area contributed by atoms with Crippen molar-refractivity contribution in [3.63, 3.8) is 0 Å². The van der Waals surface area contributed by atoms with Crippen molar-refractivity contribution in [3.8, 4) is 11.1 Å². The minimum Gasteiger partial charge on any atom is -0.461 e. The van der Waals surface area contributed by atoms with Crippen molar-refractivity contribution in [1.82, 2.24) is 4.57 Å². The van der Waals surface area contributed by atoms with Crippen molar-refractivity contribution in [2.45, 2.75) is 13.5 Å². The Labute approximate surface area is 182 Å². The van der Waals surface area contributed by atoms with Gasteiger partial charge < -0.3 is 15.0 Å². The molecule has 1 aromatic heterocycles. The Hall–Kier alpha value is -3.38. The highest BCUT2D eigenvalue weighted by molar-refractivity contribution is 6.30. The molecule has 3 aromatic carbocycles. The maximum absolute atomic E-state index is 13.8. The lowest BCUT2D eigenvalue weighted by Gasteiger charge is -2.12. The van der Waals surface area contributed by atoms with Crippen molar-refractivity contribution in [2.24, 2.45) is 0 Å². The monoisotopic (exact) mass is 440 g/mol. The first-order chi connectivity index (χ1) is 14.9. The molecular formula is C24H19ClF2N2O2. The van der Waals surface area contributed by atoms with Crippen LogP contribution in [0.15, 0.2) is 60.7 Å². The molecule has 4 rings (SSSR count). The highest BCUT2D eigenvalue weighted by Crippen LogP contribution is 2.34. The van der Waals surface area contributed by atoms with Gasteiger partial charge in [0, 0.05) is 23.0 Å². The van der Waals surface area contributed by atoms with Crippen molar-refractivity contribution in [3.05, 3.63) is 88.6 Å². The van der Waals surface area contributed by atoms with Gasteiger partial charge in [0.1, 0.15) is 11.6 Å². The quantitative estimate of drug-likeness (QED) is 0.384. The summed E-state index contributed by atoms with van der Waals surface area (Å²) in [7, 11) is 0. The van der Waals surface area contributed by atoms with Crippen molar-refractivity contribution >= 4 is 34.2 Å². The molecule has 4 nitrogen and oxygen atoms in total. The summed E-state index contributed by atoms with van der Waals surface area (Å²) in [5, 5.41) is 1.21. The number of carbonyl (C=O) groups is 1. The van der Waals surface area contributed by atoms with Gasteiger partial charge in [-0.1, -0.05) is 35.9 Å². The Morgan fingerprint density at radius 2 is 1.77 bits per heavy atom. The number of halogens is 3. The van der Waals surface area contributed by atoms with Crippen LogP contribution in [0, 0.1) is 11.6 Å². The lowest BCUT2D eigenvalue weighted by molar-refractivity contribution is 0.0516. The molecule has 0 aliphatic carbocycles. The van der Waals surface area contributed by atoms with Crippen LogP contribution in [-0.2, 0) is 11.3 Å². The first-order valence-electron chi connectivity index (χ1n) is 9.67. The summed E-state index contributed by atoms with van der Waals surface area (Å²) >= 11 is 6.12. The number of nitrogens with two attached hydrogens (primary N) is 1. The second kappa shape index (κ2) is 8.40. The average Bonchev–Trinajstić information content (AvgIpc) is 2.99. The molecule has 0 fully saturated rings. The van der Waals surface area contributed by atoms with Gasteiger partial charge in [0.15, 0.2) is 5.69 Å². The van der Waals surface area contributed by atoms with Gasteiger partial charge in [0.05, 0.1) is 17.8 Å². The maximum Gasteiger partial charge on any atom is 0.357 e. The fraction of sp³-hybridized carbons (Fsp3) is 0.125. The number of aromatic nitrogens is 1. The summed E-state index contributed by atoms with van der Waals surface area (Å²) in [6.07, 6.45) is 0. The van der Waals surface area contributed by atoms with E-state index in [-0.39, 0.29) is 18.0 Å². The normalized spacial score (nSPS) is 11.1. The second-order valence-corrected chi connectivity index (χ2v) is 7.53. The minimum absolute atomic E-state index is 0.199. The van der Waals surface area contributed by atoms with Crippen molar-refractivity contribution in [1.29, 1.82) is 0 Å². The standard InChI is InChI=1S/C24H19ClF2N2O2/c1-2-31-24(30)23-22(28)20-7-6-15(16-9-18(26)12-19(27)10-16)11-21(20)29(23)13-14-4-3-5-17(25)8-14/h3-12H,2,13,28H2,1H3. The van der Waals surface area contributed by atoms with Crippen LogP contribution in [0.2, 0.25) is 5.02 Å². The smallest absolute Gasteiger partial charge is 0.357 e. The van der Waals surface area contributed by atoms with Crippen LogP contribution in [-0.4, -0.2) is 17.1 Å². The summed E-state index contributed by atoms with van der Waals surface area (Å²) in [6, 6.07) is 15.8. The van der Waals surface area contributed by atoms with E-state index in [1.54, 1.807) is 41.8 Å². The minimum atomic E-state index is -0.670. The number of fused-ring (bicyclic) bond motifs is 1. The predicted octanol–water partition coefficient (Wildman–Crippen LogP) is 6.05. The number of carbonyl (C=O) groups excluding carboxylic acids is 1. The van der Waals surface area contributed by atoms with E-state index in [1.165, 1.54) is 12.1 Å². The zero-order chi connectivity index (χ0) is 22.1. The number of hydrogen-bond acceptors (Lipinski definition) is 3. The largest absolute Gasteiger partial charge is 0.461 e. The van der Waals surface area contributed by atoms with E-state index in [0.29, 0.717) is 33.6 Å². The number of esters is 1. The zero-order valence-corrected chi connectivity index (χ0v) is 17.4. The van der Waals surface area contributed by atoms with Crippen LogP contribution < -0.4 is 5.73 Å². The summed E-state index contributed by atoms with van der Waals surface area (Å²) in [4.78, 5) is 12.7. The molecule has 0 amide bonds. The Morgan fingerprint density at radius 3 is 2.45 bits per heavy atom. The molecule has 4 aromatic rings. The number of rotatable bonds is 5. The van der Waals surface area contributed by atoms with Crippen molar-refractivity contribution in [2.75, 3.05) is 12.3 Å². The van der Waals surface area contributed by atoms with Crippen LogP contribution in [0.3, 0.4) is 0 Å². The lowest BCUT2D eigenvalue weighted by atomic mass is 10.0. The molecular weight excluding hydrogens is 422 g/mol. The number of benzene rings is 3. The maximum atomic E-state index is 13.8. The fourth-order valence-electron chi connectivity index (χ4n) is 3.68. The summed E-state index contributed by atoms with van der Waals surface area (Å²) in [5.74, 6) is -1.89. The molecule has 0 saturated heterocycles. The molecule has 2 N–H and O–H groups in total. The van der Waals surface area contributed by atoms with Crippen molar-refractivity contribution < 1.29 is 18.3 Å². The molecule has 0 unspecified atom stereocenters. The molecule has 31 heavy (non-hydrogen) atoms. The van der Waals surface area contributed by atoms with E-state index < -0.39 is 17.6 Å². The van der Waals surface area contributed by atoms with E-state index in [9.17, 15) is 13.6 Å². The van der Waals surface area contributed by atoms with E-state index >= 15 is 0 Å². The third kappa shape index (κ3) is 4.11. The Kier molecular flexibility index (Phi) is 5.65. The Morgan fingerprint density at radius 1 is 1.03 bits per heavy atom. The summed E-state index contributed by atoms with van der Waals surface area (Å²) < 4.78 is 34.5. The third-order valence-electron chi connectivity index (χ3n) is 5.00. The van der Waals surface area contributed by atoms with E-state index in [2.05, 4.69) is 0 Å². The van der Waals surface area contributed by atoms with Crippen LogP contribution in [0.4, 0.5) is 14.5 Å². The topological polar surface area (TPSA) is 57.2 Å². The molecule has 0 bridgehead atoms. The highest BCUT2D eigenvalue weighted by atomic mass is 35.5. The average molecular weight is 441 g/mol. The predicted molar refractivity (Wildman–Crippen MR) is 118 cm³/mol. The second-order valence-electron chi connectivity index (χ2n) is 7.09. The molecule has 0 spiro atoms. The number of hydrogen-bond donors (Lipinski definition) is 1. The number of nitrogens with zero attached hydrogens (tertiary/aromatic N) is 1. The Balaban J connectivity index is 1.93. The zero-order valence-electron chi connectivity index (χ0n) is 16.7. The van der Waals surface area contributed by atoms with Gasteiger partial charge in [-0.05, 0) is 53.9 Å². The van der Waals surface area contributed by atoms with E-state index in [1.807, 2.05) is 12.1 Å². The molecule has 0 atom stereocenters. The SMILES string of the molecule is CCOC(=O)c1c(N)c2ccc(-c3cc(F)cc(F)c3)cc2n1Cc1cccc(Cl)c1. The van der Waals surface area contributed by atoms with Gasteiger partial charge in [-0.15, -0.1) is 0 Å². The van der Waals surface area contributed by atoms with Gasteiger partial charge in [-0.3, -0.25) is 0 Å². The highest BCUT2D eigenvalue weighted by Gasteiger charge is 2.23. The fourth-order valence-corrected chi connectivity index (χ4v) is 3.89. The first-order valence-corrected chi connectivity index (χ1v) is 10.0. The summed E-state index contributed by atoms with van der Waals surface area (Å²) in [5.41, 5.74) is 9.30. The van der Waals surface area contributed by atoms with Gasteiger partial charge in [0.25, 0.3) is 0 Å². The Bertz CT molecular complexity index is 1280. The van der Waals surface area contributed by atoms with Crippen LogP contribution in [0.25, 0.3) is 22.0 Å². The molecule has 0 radical (unpaired) electrons. The van der Waals surface area contributed by atoms with Gasteiger partial charge in [-0.25, -0.2) is 13.6 Å². The molecule has 158 valence electrons. The van der Waals surface area contributed by atoms with Gasteiger partial charge in [0.2, 0.25) is 0 Å². The number of ether oxygens (including phenoxy) is 1. The number of nitrogen functional groups attached to an aromatic ring is 1. The van der Waals surface area contributed by atoms with Gasteiger partial charge >= 0.3 is 5.97 Å². The molecule has 0 aliphatic rings. The first kappa shape index (κ1) is 20.9. The third-order valence-corrected chi connectivity index (χ3v) is 5.23. The lowest BCUT2D eigenvalue weighted by Crippen LogP contribution is -2.14. The molecule has 7 heteroatoms. The molecule has 1 heterocycles. The number of anilines is 1. The van der Waals surface area contributed by atoms with Gasteiger partial charge in [-0.2, -0.15) is 0 Å². The molecule has 0 aliphatic heterocycles. The van der Waals surface area contributed by atoms with E-state index in [4.69, 9.17) is 22.1 Å². The van der Waals surface area contributed by atoms with Crippen LogP contribution in [0.1, 0.15) is 23.0 Å². The molecule has 0 saturated carbocycles. The van der Waals surface area contributed by atoms with Crippen LogP contribution in [0.5, 0.6) is 0 Å². The van der Waals surface area contributed by atoms with Crippen LogP contribution >= 0.6 is 11.6 Å². The summed E-state index contributed by atoms with van der Waals surface area (Å²) in [6.45, 7) is 2.23. The van der Waals surface area contributed by atoms with E-state index in [0.717, 1.165) is 11.6 Å².